The Morgan fingerprint density at radius 3 is 2.75 bits per heavy atom. The maximum atomic E-state index is 11.2. The number of aromatic nitrogens is 4. The van der Waals surface area contributed by atoms with Gasteiger partial charge >= 0.3 is 0 Å². The van der Waals surface area contributed by atoms with Gasteiger partial charge in [0.25, 0.3) is 5.69 Å². The zero-order chi connectivity index (χ0) is 17.1. The number of rotatable bonds is 5. The van der Waals surface area contributed by atoms with Crippen LogP contribution in [0.25, 0.3) is 5.69 Å². The van der Waals surface area contributed by atoms with E-state index in [2.05, 4.69) is 15.5 Å². The van der Waals surface area contributed by atoms with Gasteiger partial charge in [-0.25, -0.2) is 0 Å². The summed E-state index contributed by atoms with van der Waals surface area (Å²) in [4.78, 5) is 21.9. The van der Waals surface area contributed by atoms with Crippen LogP contribution < -0.4 is 0 Å². The first-order valence-corrected chi connectivity index (χ1v) is 7.67. The highest BCUT2D eigenvalue weighted by molar-refractivity contribution is 7.99. The molecule has 0 N–H and O–H groups in total. The van der Waals surface area contributed by atoms with Crippen molar-refractivity contribution in [3.05, 3.63) is 63.7 Å². The van der Waals surface area contributed by atoms with E-state index in [0.29, 0.717) is 16.3 Å². The second kappa shape index (κ2) is 6.59. The van der Waals surface area contributed by atoms with Crippen LogP contribution in [0.3, 0.4) is 0 Å². The van der Waals surface area contributed by atoms with Crippen molar-refractivity contribution in [3.63, 3.8) is 0 Å². The Balaban J connectivity index is 2.02. The lowest BCUT2D eigenvalue weighted by molar-refractivity contribution is -0.387. The summed E-state index contributed by atoms with van der Waals surface area (Å²) in [7, 11) is 0. The number of para-hydroxylation sites is 1. The van der Waals surface area contributed by atoms with Crippen LogP contribution in [0.5, 0.6) is 0 Å². The second-order valence-corrected chi connectivity index (χ2v) is 5.87. The number of benzene rings is 2. The van der Waals surface area contributed by atoms with Gasteiger partial charge in [0.1, 0.15) is 6.29 Å². The molecule has 0 radical (unpaired) electrons. The van der Waals surface area contributed by atoms with Gasteiger partial charge in [-0.05, 0) is 46.8 Å². The Kier molecular flexibility index (Phi) is 4.34. The molecule has 0 aliphatic carbocycles. The number of hydrogen-bond donors (Lipinski definition) is 0. The third-order valence-corrected chi connectivity index (χ3v) is 4.30. The van der Waals surface area contributed by atoms with Crippen LogP contribution in [0, 0.1) is 17.0 Å². The lowest BCUT2D eigenvalue weighted by Crippen LogP contribution is -2.01. The van der Waals surface area contributed by atoms with Crippen LogP contribution in [0.2, 0.25) is 0 Å². The van der Waals surface area contributed by atoms with Gasteiger partial charge in [0.05, 0.1) is 15.5 Å². The molecular weight excluding hydrogens is 330 g/mol. The maximum Gasteiger partial charge on any atom is 0.284 e. The second-order valence-electron chi connectivity index (χ2n) is 4.86. The average molecular weight is 341 g/mol. The first kappa shape index (κ1) is 15.8. The lowest BCUT2D eigenvalue weighted by Gasteiger charge is -2.07. The molecule has 2 aromatic carbocycles. The van der Waals surface area contributed by atoms with E-state index >= 15 is 0 Å². The maximum absolute atomic E-state index is 11.2. The zero-order valence-corrected chi connectivity index (χ0v) is 13.3. The third-order valence-electron chi connectivity index (χ3n) is 3.30. The van der Waals surface area contributed by atoms with Gasteiger partial charge in [-0.2, -0.15) is 4.68 Å². The molecule has 0 bridgehead atoms. The molecule has 0 spiro atoms. The zero-order valence-electron chi connectivity index (χ0n) is 12.5. The minimum absolute atomic E-state index is 0.163. The number of aldehydes is 1. The van der Waals surface area contributed by atoms with Crippen molar-refractivity contribution in [3.8, 4) is 5.69 Å². The van der Waals surface area contributed by atoms with E-state index in [4.69, 9.17) is 0 Å². The Bertz CT molecular complexity index is 925. The van der Waals surface area contributed by atoms with Crippen molar-refractivity contribution in [2.75, 3.05) is 0 Å². The largest absolute Gasteiger partial charge is 0.298 e. The molecule has 8 nitrogen and oxygen atoms in total. The van der Waals surface area contributed by atoms with Gasteiger partial charge < -0.3 is 0 Å². The summed E-state index contributed by atoms with van der Waals surface area (Å²) in [6.45, 7) is 1.92. The summed E-state index contributed by atoms with van der Waals surface area (Å²) < 4.78 is 1.53. The molecule has 0 saturated carbocycles. The molecule has 0 fully saturated rings. The minimum atomic E-state index is -0.531. The summed E-state index contributed by atoms with van der Waals surface area (Å²) in [6.07, 6.45) is 0.568. The molecule has 9 heteroatoms. The number of nitro groups is 1. The molecule has 3 aromatic rings. The van der Waals surface area contributed by atoms with Gasteiger partial charge in [-0.15, -0.1) is 5.10 Å². The summed E-state index contributed by atoms with van der Waals surface area (Å²) in [6, 6.07) is 11.8. The monoisotopic (exact) mass is 341 g/mol. The van der Waals surface area contributed by atoms with Gasteiger partial charge in [0.15, 0.2) is 0 Å². The normalized spacial score (nSPS) is 10.5. The summed E-state index contributed by atoms with van der Waals surface area (Å²) in [5.41, 5.74) is 1.84. The predicted octanol–water partition coefficient (Wildman–Crippen LogP) is 2.84. The van der Waals surface area contributed by atoms with Crippen LogP contribution >= 0.6 is 11.8 Å². The van der Waals surface area contributed by atoms with Crippen LogP contribution in [0.4, 0.5) is 5.69 Å². The summed E-state index contributed by atoms with van der Waals surface area (Å²) >= 11 is 1.07. The molecule has 24 heavy (non-hydrogen) atoms. The molecular formula is C15H11N5O3S. The Hall–Kier alpha value is -3.07. The van der Waals surface area contributed by atoms with Crippen molar-refractivity contribution in [2.45, 2.75) is 17.0 Å². The fraction of sp³-hybridized carbons (Fsp3) is 0.0667. The number of hydrogen-bond acceptors (Lipinski definition) is 7. The van der Waals surface area contributed by atoms with Crippen LogP contribution in [-0.4, -0.2) is 31.4 Å². The van der Waals surface area contributed by atoms with E-state index in [-0.39, 0.29) is 11.3 Å². The number of aryl methyl sites for hydroxylation is 1. The SMILES string of the molecule is Cc1ccccc1-n1nnnc1Sc1ccc(C=O)cc1[N+](=O)[O-]. The number of carbonyl (C=O) groups excluding carboxylic acids is 1. The highest BCUT2D eigenvalue weighted by Crippen LogP contribution is 2.34. The van der Waals surface area contributed by atoms with Crippen LogP contribution in [-0.2, 0) is 0 Å². The van der Waals surface area contributed by atoms with E-state index < -0.39 is 4.92 Å². The van der Waals surface area contributed by atoms with E-state index in [1.54, 1.807) is 0 Å². The molecule has 1 heterocycles. The van der Waals surface area contributed by atoms with Gasteiger partial charge in [-0.1, -0.05) is 24.3 Å². The third kappa shape index (κ3) is 3.01. The van der Waals surface area contributed by atoms with Crippen molar-refractivity contribution < 1.29 is 9.72 Å². The molecule has 0 amide bonds. The molecule has 0 aliphatic heterocycles. The quantitative estimate of drug-likeness (QED) is 0.399. The minimum Gasteiger partial charge on any atom is -0.298 e. The fourth-order valence-electron chi connectivity index (χ4n) is 2.13. The number of nitrogens with zero attached hydrogens (tertiary/aromatic N) is 5. The highest BCUT2D eigenvalue weighted by atomic mass is 32.2. The van der Waals surface area contributed by atoms with Gasteiger partial charge in [0.2, 0.25) is 5.16 Å². The molecule has 0 atom stereocenters. The van der Waals surface area contributed by atoms with Crippen molar-refractivity contribution in [1.29, 1.82) is 0 Å². The molecule has 1 aromatic heterocycles. The Labute approximate surface area is 140 Å². The van der Waals surface area contributed by atoms with Crippen molar-refractivity contribution in [2.24, 2.45) is 0 Å². The number of tetrazole rings is 1. The molecule has 120 valence electrons. The molecule has 0 unspecified atom stereocenters. The topological polar surface area (TPSA) is 104 Å². The molecule has 3 rings (SSSR count). The first-order valence-electron chi connectivity index (χ1n) is 6.86. The predicted molar refractivity (Wildman–Crippen MR) is 86.5 cm³/mol. The van der Waals surface area contributed by atoms with Crippen molar-refractivity contribution in [1.82, 2.24) is 20.2 Å². The summed E-state index contributed by atoms with van der Waals surface area (Å²) in [5.74, 6) is 0. The van der Waals surface area contributed by atoms with E-state index in [1.807, 2.05) is 31.2 Å². The molecule has 0 aliphatic rings. The Morgan fingerprint density at radius 2 is 2.04 bits per heavy atom. The summed E-state index contributed by atoms with van der Waals surface area (Å²) in [5, 5.41) is 23.2. The lowest BCUT2D eigenvalue weighted by atomic mass is 10.2. The van der Waals surface area contributed by atoms with E-state index in [9.17, 15) is 14.9 Å². The van der Waals surface area contributed by atoms with Crippen LogP contribution in [0.15, 0.2) is 52.5 Å². The van der Waals surface area contributed by atoms with Gasteiger partial charge in [-0.3, -0.25) is 14.9 Å². The van der Waals surface area contributed by atoms with Crippen molar-refractivity contribution >= 4 is 23.7 Å². The number of nitro benzene ring substituents is 1. The molecule has 0 saturated heterocycles. The Morgan fingerprint density at radius 1 is 1.25 bits per heavy atom. The van der Waals surface area contributed by atoms with E-state index in [1.165, 1.54) is 22.9 Å². The van der Waals surface area contributed by atoms with Crippen LogP contribution in [0.1, 0.15) is 15.9 Å². The smallest absolute Gasteiger partial charge is 0.284 e. The standard InChI is InChI=1S/C15H11N5O3S/c1-10-4-2-3-5-12(10)19-15(16-17-18-19)24-14-7-6-11(9-21)8-13(14)20(22)23/h2-9H,1H3. The van der Waals surface area contributed by atoms with E-state index in [0.717, 1.165) is 23.0 Å². The first-order chi connectivity index (χ1) is 11.6. The van der Waals surface area contributed by atoms with Gasteiger partial charge in [0, 0.05) is 11.6 Å². The average Bonchev–Trinajstić information content (AvgIpc) is 3.03. The highest BCUT2D eigenvalue weighted by Gasteiger charge is 2.19. The fourth-order valence-corrected chi connectivity index (χ4v) is 3.00. The number of carbonyl (C=O) groups is 1.